The lowest BCUT2D eigenvalue weighted by molar-refractivity contribution is 0.658. The van der Waals surface area contributed by atoms with E-state index in [0.717, 1.165) is 22.3 Å². The maximum atomic E-state index is 5.98. The van der Waals surface area contributed by atoms with Gasteiger partial charge in [-0.15, -0.1) is 0 Å². The van der Waals surface area contributed by atoms with Crippen LogP contribution in [0.4, 0.5) is 5.69 Å². The summed E-state index contributed by atoms with van der Waals surface area (Å²) in [6.45, 7) is 3.40. The average Bonchev–Trinajstić information content (AvgIpc) is 2.88. The highest BCUT2D eigenvalue weighted by atomic mass is 79.9. The third-order valence-corrected chi connectivity index (χ3v) is 4.09. The van der Waals surface area contributed by atoms with Crippen LogP contribution in [0.25, 0.3) is 0 Å². The number of nitrogens with zero attached hydrogens (tertiary/aromatic N) is 2. The first-order valence-electron chi connectivity index (χ1n) is 6.08. The number of anilines is 1. The highest BCUT2D eigenvalue weighted by molar-refractivity contribution is 9.10. The van der Waals surface area contributed by atoms with Crippen LogP contribution >= 0.6 is 27.5 Å². The number of hydrogen-bond donors (Lipinski definition) is 2. The van der Waals surface area contributed by atoms with Crippen molar-refractivity contribution in [2.45, 2.75) is 19.5 Å². The van der Waals surface area contributed by atoms with E-state index in [1.165, 1.54) is 0 Å². The van der Waals surface area contributed by atoms with E-state index in [-0.39, 0.29) is 6.04 Å². The van der Waals surface area contributed by atoms with Gasteiger partial charge in [-0.3, -0.25) is 4.68 Å². The second-order valence-corrected chi connectivity index (χ2v) is 5.45. The number of halogens is 2. The second kappa shape index (κ2) is 6.41. The molecule has 2 aromatic rings. The second-order valence-electron chi connectivity index (χ2n) is 4.19. The summed E-state index contributed by atoms with van der Waals surface area (Å²) in [5, 5.41) is 8.34. The predicted molar refractivity (Wildman–Crippen MR) is 82.5 cm³/mol. The summed E-state index contributed by atoms with van der Waals surface area (Å²) >= 11 is 9.39. The van der Waals surface area contributed by atoms with E-state index in [9.17, 15) is 0 Å². The van der Waals surface area contributed by atoms with Crippen molar-refractivity contribution < 1.29 is 0 Å². The molecular formula is C13H16BrClN4. The van der Waals surface area contributed by atoms with Gasteiger partial charge in [-0.25, -0.2) is 0 Å². The quantitative estimate of drug-likeness (QED) is 0.874. The van der Waals surface area contributed by atoms with Crippen molar-refractivity contribution in [3.8, 4) is 0 Å². The van der Waals surface area contributed by atoms with E-state index >= 15 is 0 Å². The van der Waals surface area contributed by atoms with Crippen LogP contribution in [-0.4, -0.2) is 16.3 Å². The van der Waals surface area contributed by atoms with Gasteiger partial charge in [0.1, 0.15) is 0 Å². The Bertz CT molecular complexity index is 555. The molecule has 0 aliphatic rings. The summed E-state index contributed by atoms with van der Waals surface area (Å²) in [7, 11) is 0. The first-order valence-corrected chi connectivity index (χ1v) is 7.25. The number of nitrogens with two attached hydrogens (primary N) is 1. The van der Waals surface area contributed by atoms with E-state index in [1.54, 1.807) is 0 Å². The van der Waals surface area contributed by atoms with E-state index in [2.05, 4.69) is 33.3 Å². The Morgan fingerprint density at radius 2 is 2.32 bits per heavy atom. The van der Waals surface area contributed by atoms with Gasteiger partial charge in [-0.2, -0.15) is 5.10 Å². The van der Waals surface area contributed by atoms with Crippen molar-refractivity contribution in [1.82, 2.24) is 9.78 Å². The zero-order valence-electron chi connectivity index (χ0n) is 10.6. The Morgan fingerprint density at radius 1 is 1.53 bits per heavy atom. The Labute approximate surface area is 126 Å². The number of hydrogen-bond acceptors (Lipinski definition) is 3. The molecule has 0 radical (unpaired) electrons. The van der Waals surface area contributed by atoms with Crippen LogP contribution in [0, 0.1) is 0 Å². The smallest absolute Gasteiger partial charge is 0.0667 e. The van der Waals surface area contributed by atoms with Crippen molar-refractivity contribution in [2.24, 2.45) is 5.73 Å². The third kappa shape index (κ3) is 3.49. The first kappa shape index (κ1) is 14.4. The van der Waals surface area contributed by atoms with Crippen molar-refractivity contribution >= 4 is 33.2 Å². The highest BCUT2D eigenvalue weighted by Gasteiger charge is 2.12. The minimum Gasteiger partial charge on any atom is -0.377 e. The monoisotopic (exact) mass is 342 g/mol. The van der Waals surface area contributed by atoms with Gasteiger partial charge >= 0.3 is 0 Å². The molecule has 0 saturated heterocycles. The number of rotatable bonds is 5. The molecule has 1 atom stereocenters. The molecule has 2 rings (SSSR count). The molecule has 1 aromatic heterocycles. The summed E-state index contributed by atoms with van der Waals surface area (Å²) in [5.41, 5.74) is 7.88. The average molecular weight is 344 g/mol. The van der Waals surface area contributed by atoms with Crippen LogP contribution in [0.3, 0.4) is 0 Å². The molecule has 4 nitrogen and oxygen atoms in total. The van der Waals surface area contributed by atoms with E-state index < -0.39 is 0 Å². The zero-order valence-corrected chi connectivity index (χ0v) is 12.9. The van der Waals surface area contributed by atoms with Crippen LogP contribution in [0.1, 0.15) is 18.5 Å². The summed E-state index contributed by atoms with van der Waals surface area (Å²) in [6, 6.07) is 5.75. The van der Waals surface area contributed by atoms with Gasteiger partial charge in [-0.1, -0.05) is 11.6 Å². The van der Waals surface area contributed by atoms with Crippen LogP contribution in [0.15, 0.2) is 35.1 Å². The van der Waals surface area contributed by atoms with E-state index in [1.807, 2.05) is 35.3 Å². The lowest BCUT2D eigenvalue weighted by atomic mass is 10.1. The lowest BCUT2D eigenvalue weighted by Gasteiger charge is -2.17. The largest absolute Gasteiger partial charge is 0.377 e. The molecule has 0 aliphatic heterocycles. The van der Waals surface area contributed by atoms with Crippen LogP contribution in [0.5, 0.6) is 0 Å². The van der Waals surface area contributed by atoms with Crippen molar-refractivity contribution in [2.75, 3.05) is 11.9 Å². The molecule has 6 heteroatoms. The molecule has 0 fully saturated rings. The van der Waals surface area contributed by atoms with Crippen LogP contribution in [-0.2, 0) is 6.54 Å². The standard InChI is InChI=1S/C13H16BrClN4/c1-2-19-8-9(7-17-19)13(6-16)18-10-3-4-12(15)11(14)5-10/h3-5,7-8,13,18H,2,6,16H2,1H3. The van der Waals surface area contributed by atoms with Gasteiger partial charge in [0.05, 0.1) is 17.3 Å². The molecule has 0 amide bonds. The minimum absolute atomic E-state index is 0.0355. The van der Waals surface area contributed by atoms with E-state index in [4.69, 9.17) is 17.3 Å². The SMILES string of the molecule is CCn1cc(C(CN)Nc2ccc(Cl)c(Br)c2)cn1. The van der Waals surface area contributed by atoms with Gasteiger partial charge in [0.25, 0.3) is 0 Å². The first-order chi connectivity index (χ1) is 9.13. The molecule has 0 aliphatic carbocycles. The topological polar surface area (TPSA) is 55.9 Å². The molecule has 0 bridgehead atoms. The van der Waals surface area contributed by atoms with E-state index in [0.29, 0.717) is 11.6 Å². The van der Waals surface area contributed by atoms with Crippen molar-refractivity contribution in [3.63, 3.8) is 0 Å². The summed E-state index contributed by atoms with van der Waals surface area (Å²) in [5.74, 6) is 0. The highest BCUT2D eigenvalue weighted by Crippen LogP contribution is 2.27. The summed E-state index contributed by atoms with van der Waals surface area (Å²) in [4.78, 5) is 0. The Balaban J connectivity index is 2.16. The van der Waals surface area contributed by atoms with Crippen LogP contribution in [0.2, 0.25) is 5.02 Å². The fraction of sp³-hybridized carbons (Fsp3) is 0.308. The number of benzene rings is 1. The fourth-order valence-corrected chi connectivity index (χ4v) is 2.29. The molecule has 1 unspecified atom stereocenters. The number of nitrogens with one attached hydrogen (secondary N) is 1. The molecule has 3 N–H and O–H groups in total. The van der Waals surface area contributed by atoms with Gasteiger partial charge in [0.2, 0.25) is 0 Å². The molecular weight excluding hydrogens is 328 g/mol. The fourth-order valence-electron chi connectivity index (χ4n) is 1.80. The van der Waals surface area contributed by atoms with Crippen molar-refractivity contribution in [1.29, 1.82) is 0 Å². The Hall–Kier alpha value is -1.04. The molecule has 102 valence electrons. The predicted octanol–water partition coefficient (Wildman–Crippen LogP) is 3.43. The number of aromatic nitrogens is 2. The molecule has 1 aromatic carbocycles. The molecule has 0 spiro atoms. The maximum absolute atomic E-state index is 5.98. The van der Waals surface area contributed by atoms with Gasteiger partial charge in [-0.05, 0) is 41.1 Å². The molecule has 1 heterocycles. The normalized spacial score (nSPS) is 12.4. The van der Waals surface area contributed by atoms with Crippen LogP contribution < -0.4 is 11.1 Å². The Morgan fingerprint density at radius 3 is 2.89 bits per heavy atom. The molecule has 19 heavy (non-hydrogen) atoms. The lowest BCUT2D eigenvalue weighted by Crippen LogP contribution is -2.20. The minimum atomic E-state index is 0.0355. The zero-order chi connectivity index (χ0) is 13.8. The number of aryl methyl sites for hydroxylation is 1. The summed E-state index contributed by atoms with van der Waals surface area (Å²) in [6.07, 6.45) is 3.86. The van der Waals surface area contributed by atoms with Gasteiger partial charge in [0, 0.05) is 35.0 Å². The Kier molecular flexibility index (Phi) is 4.85. The summed E-state index contributed by atoms with van der Waals surface area (Å²) < 4.78 is 2.75. The molecule has 0 saturated carbocycles. The van der Waals surface area contributed by atoms with Gasteiger partial charge < -0.3 is 11.1 Å². The van der Waals surface area contributed by atoms with Gasteiger partial charge in [0.15, 0.2) is 0 Å². The van der Waals surface area contributed by atoms with Crippen molar-refractivity contribution in [3.05, 3.63) is 45.7 Å². The third-order valence-electron chi connectivity index (χ3n) is 2.88. The maximum Gasteiger partial charge on any atom is 0.0667 e.